The SMILES string of the molecule is Cc1ccc(C(O)C(C)c2ccncc2)cc1Br. The van der Waals surface area contributed by atoms with Gasteiger partial charge < -0.3 is 5.11 Å². The molecular formula is C15H16BrNO. The Hall–Kier alpha value is -1.19. The quantitative estimate of drug-likeness (QED) is 0.930. The van der Waals surface area contributed by atoms with E-state index in [1.165, 1.54) is 5.56 Å². The van der Waals surface area contributed by atoms with Gasteiger partial charge in [0, 0.05) is 22.8 Å². The third-order valence-corrected chi connectivity index (χ3v) is 4.10. The summed E-state index contributed by atoms with van der Waals surface area (Å²) in [6, 6.07) is 9.86. The molecule has 1 aromatic heterocycles. The van der Waals surface area contributed by atoms with Crippen LogP contribution in [0.2, 0.25) is 0 Å². The lowest BCUT2D eigenvalue weighted by molar-refractivity contribution is 0.151. The summed E-state index contributed by atoms with van der Waals surface area (Å²) < 4.78 is 1.03. The highest BCUT2D eigenvalue weighted by Crippen LogP contribution is 2.32. The Balaban J connectivity index is 2.25. The molecule has 0 fully saturated rings. The van der Waals surface area contributed by atoms with Crippen LogP contribution in [0.1, 0.15) is 35.6 Å². The zero-order valence-corrected chi connectivity index (χ0v) is 12.1. The zero-order valence-electron chi connectivity index (χ0n) is 10.5. The molecule has 0 amide bonds. The van der Waals surface area contributed by atoms with E-state index >= 15 is 0 Å². The highest BCUT2D eigenvalue weighted by atomic mass is 79.9. The number of nitrogens with zero attached hydrogens (tertiary/aromatic N) is 1. The number of hydrogen-bond acceptors (Lipinski definition) is 2. The lowest BCUT2D eigenvalue weighted by atomic mass is 9.91. The molecule has 2 aromatic rings. The number of halogens is 1. The highest BCUT2D eigenvalue weighted by molar-refractivity contribution is 9.10. The molecule has 0 saturated heterocycles. The predicted octanol–water partition coefficient (Wildman–Crippen LogP) is 3.99. The average Bonchev–Trinajstić information content (AvgIpc) is 2.41. The molecule has 18 heavy (non-hydrogen) atoms. The van der Waals surface area contributed by atoms with Crippen LogP contribution in [0, 0.1) is 6.92 Å². The number of aliphatic hydroxyl groups is 1. The van der Waals surface area contributed by atoms with Crippen molar-refractivity contribution in [2.45, 2.75) is 25.9 Å². The van der Waals surface area contributed by atoms with Crippen molar-refractivity contribution < 1.29 is 5.11 Å². The standard InChI is InChI=1S/C15H16BrNO/c1-10-3-4-13(9-14(10)16)15(18)11(2)12-5-7-17-8-6-12/h3-9,11,15,18H,1-2H3. The maximum atomic E-state index is 10.4. The Morgan fingerprint density at radius 3 is 2.39 bits per heavy atom. The molecule has 2 atom stereocenters. The largest absolute Gasteiger partial charge is 0.388 e. The van der Waals surface area contributed by atoms with Gasteiger partial charge in [0.2, 0.25) is 0 Å². The van der Waals surface area contributed by atoms with Crippen molar-refractivity contribution in [3.63, 3.8) is 0 Å². The smallest absolute Gasteiger partial charge is 0.0856 e. The Morgan fingerprint density at radius 2 is 1.78 bits per heavy atom. The summed E-state index contributed by atoms with van der Waals surface area (Å²) >= 11 is 3.50. The Morgan fingerprint density at radius 1 is 1.11 bits per heavy atom. The average molecular weight is 306 g/mol. The Labute approximate surface area is 116 Å². The fourth-order valence-electron chi connectivity index (χ4n) is 1.93. The molecule has 0 radical (unpaired) electrons. The molecule has 2 rings (SSSR count). The predicted molar refractivity (Wildman–Crippen MR) is 76.5 cm³/mol. The van der Waals surface area contributed by atoms with E-state index in [1.807, 2.05) is 44.2 Å². The fraction of sp³-hybridized carbons (Fsp3) is 0.267. The van der Waals surface area contributed by atoms with E-state index in [-0.39, 0.29) is 5.92 Å². The van der Waals surface area contributed by atoms with Gasteiger partial charge in [-0.15, -0.1) is 0 Å². The van der Waals surface area contributed by atoms with Crippen LogP contribution >= 0.6 is 15.9 Å². The molecule has 0 aliphatic rings. The van der Waals surface area contributed by atoms with E-state index < -0.39 is 6.10 Å². The van der Waals surface area contributed by atoms with Crippen LogP contribution in [-0.2, 0) is 0 Å². The van der Waals surface area contributed by atoms with Gasteiger partial charge in [-0.05, 0) is 41.8 Å². The number of benzene rings is 1. The number of hydrogen-bond donors (Lipinski definition) is 1. The summed E-state index contributed by atoms with van der Waals surface area (Å²) in [4.78, 5) is 4.00. The van der Waals surface area contributed by atoms with Crippen molar-refractivity contribution in [3.8, 4) is 0 Å². The molecule has 0 aliphatic heterocycles. The second-order valence-electron chi connectivity index (χ2n) is 4.52. The van der Waals surface area contributed by atoms with Gasteiger partial charge in [-0.1, -0.05) is 35.0 Å². The summed E-state index contributed by atoms with van der Waals surface area (Å²) in [5.41, 5.74) is 3.19. The number of aromatic nitrogens is 1. The first kappa shape index (κ1) is 13.2. The van der Waals surface area contributed by atoms with E-state index in [0.29, 0.717) is 0 Å². The first-order chi connectivity index (χ1) is 8.59. The van der Waals surface area contributed by atoms with E-state index in [1.54, 1.807) is 12.4 Å². The maximum absolute atomic E-state index is 10.4. The van der Waals surface area contributed by atoms with Crippen molar-refractivity contribution in [3.05, 3.63) is 63.9 Å². The molecule has 2 nitrogen and oxygen atoms in total. The molecule has 0 saturated carbocycles. The van der Waals surface area contributed by atoms with Crippen molar-refractivity contribution in [2.75, 3.05) is 0 Å². The lowest BCUT2D eigenvalue weighted by Gasteiger charge is -2.20. The number of rotatable bonds is 3. The molecule has 3 heteroatoms. The normalized spacial score (nSPS) is 14.2. The van der Waals surface area contributed by atoms with Gasteiger partial charge in [0.1, 0.15) is 0 Å². The van der Waals surface area contributed by atoms with Crippen LogP contribution in [0.3, 0.4) is 0 Å². The van der Waals surface area contributed by atoms with Gasteiger partial charge in [0.05, 0.1) is 6.10 Å². The molecule has 0 aliphatic carbocycles. The minimum absolute atomic E-state index is 0.0441. The minimum atomic E-state index is -0.510. The van der Waals surface area contributed by atoms with Crippen LogP contribution in [0.4, 0.5) is 0 Å². The van der Waals surface area contributed by atoms with Crippen LogP contribution in [-0.4, -0.2) is 10.1 Å². The lowest BCUT2D eigenvalue weighted by Crippen LogP contribution is -2.08. The van der Waals surface area contributed by atoms with Crippen molar-refractivity contribution in [2.24, 2.45) is 0 Å². The van der Waals surface area contributed by atoms with Gasteiger partial charge in [0.15, 0.2) is 0 Å². The molecular weight excluding hydrogens is 290 g/mol. The summed E-state index contributed by atoms with van der Waals surface area (Å²) in [6.45, 7) is 4.06. The Kier molecular flexibility index (Phi) is 4.15. The van der Waals surface area contributed by atoms with E-state index in [0.717, 1.165) is 15.6 Å². The molecule has 2 unspecified atom stereocenters. The van der Waals surface area contributed by atoms with E-state index in [2.05, 4.69) is 20.9 Å². The Bertz CT molecular complexity index is 527. The van der Waals surface area contributed by atoms with Crippen LogP contribution in [0.25, 0.3) is 0 Å². The summed E-state index contributed by atoms with van der Waals surface area (Å²) in [5, 5.41) is 10.4. The monoisotopic (exact) mass is 305 g/mol. The third kappa shape index (κ3) is 2.79. The van der Waals surface area contributed by atoms with Gasteiger partial charge in [-0.25, -0.2) is 0 Å². The second kappa shape index (κ2) is 5.63. The summed E-state index contributed by atoms with van der Waals surface area (Å²) in [6.07, 6.45) is 3.00. The van der Waals surface area contributed by atoms with Gasteiger partial charge >= 0.3 is 0 Å². The second-order valence-corrected chi connectivity index (χ2v) is 5.38. The van der Waals surface area contributed by atoms with Crippen molar-refractivity contribution >= 4 is 15.9 Å². The fourth-order valence-corrected chi connectivity index (χ4v) is 2.33. The van der Waals surface area contributed by atoms with Crippen molar-refractivity contribution in [1.29, 1.82) is 0 Å². The number of aliphatic hydroxyl groups excluding tert-OH is 1. The molecule has 1 aromatic carbocycles. The first-order valence-electron chi connectivity index (χ1n) is 5.93. The first-order valence-corrected chi connectivity index (χ1v) is 6.73. The van der Waals surface area contributed by atoms with Crippen LogP contribution < -0.4 is 0 Å². The maximum Gasteiger partial charge on any atom is 0.0856 e. The molecule has 0 spiro atoms. The van der Waals surface area contributed by atoms with Crippen molar-refractivity contribution in [1.82, 2.24) is 4.98 Å². The minimum Gasteiger partial charge on any atom is -0.388 e. The summed E-state index contributed by atoms with van der Waals surface area (Å²) in [7, 11) is 0. The zero-order chi connectivity index (χ0) is 13.1. The van der Waals surface area contributed by atoms with E-state index in [9.17, 15) is 5.11 Å². The third-order valence-electron chi connectivity index (χ3n) is 3.24. The number of aryl methyl sites for hydroxylation is 1. The van der Waals surface area contributed by atoms with Gasteiger partial charge in [-0.3, -0.25) is 4.98 Å². The van der Waals surface area contributed by atoms with Gasteiger partial charge in [-0.2, -0.15) is 0 Å². The topological polar surface area (TPSA) is 33.1 Å². The molecule has 1 N–H and O–H groups in total. The summed E-state index contributed by atoms with van der Waals surface area (Å²) in [5.74, 6) is 0.0441. The molecule has 1 heterocycles. The molecule has 0 bridgehead atoms. The van der Waals surface area contributed by atoms with Crippen LogP contribution in [0.15, 0.2) is 47.2 Å². The van der Waals surface area contributed by atoms with E-state index in [4.69, 9.17) is 0 Å². The highest BCUT2D eigenvalue weighted by Gasteiger charge is 2.18. The van der Waals surface area contributed by atoms with Crippen LogP contribution in [0.5, 0.6) is 0 Å². The number of pyridine rings is 1. The van der Waals surface area contributed by atoms with Gasteiger partial charge in [0.25, 0.3) is 0 Å². The molecule has 94 valence electrons.